The van der Waals surface area contributed by atoms with Gasteiger partial charge in [-0.3, -0.25) is 0 Å². The van der Waals surface area contributed by atoms with Gasteiger partial charge >= 0.3 is 0 Å². The predicted octanol–water partition coefficient (Wildman–Crippen LogP) is 3.10. The van der Waals surface area contributed by atoms with Gasteiger partial charge < -0.3 is 10.6 Å². The fraction of sp³-hybridized carbons (Fsp3) is 0.706. The lowest BCUT2D eigenvalue weighted by Crippen LogP contribution is -2.19. The van der Waals surface area contributed by atoms with Gasteiger partial charge in [0.1, 0.15) is 12.0 Å². The molecule has 1 aromatic heterocycles. The highest BCUT2D eigenvalue weighted by atomic mass is 19.1. The summed E-state index contributed by atoms with van der Waals surface area (Å²) in [5.41, 5.74) is 2.48. The Balaban J connectivity index is 1.41. The van der Waals surface area contributed by atoms with Gasteiger partial charge in [-0.05, 0) is 56.7 Å². The molecule has 0 spiro atoms. The van der Waals surface area contributed by atoms with Gasteiger partial charge in [0.15, 0.2) is 0 Å². The van der Waals surface area contributed by atoms with E-state index < -0.39 is 6.17 Å². The van der Waals surface area contributed by atoms with Crippen molar-refractivity contribution < 1.29 is 4.39 Å². The van der Waals surface area contributed by atoms with Crippen LogP contribution in [0.3, 0.4) is 0 Å². The lowest BCUT2D eigenvalue weighted by Gasteiger charge is -2.17. The quantitative estimate of drug-likeness (QED) is 0.791. The first-order valence-electron chi connectivity index (χ1n) is 8.40. The van der Waals surface area contributed by atoms with Gasteiger partial charge in [0.05, 0.1) is 0 Å². The maximum atomic E-state index is 14.0. The molecular weight excluding hydrogens is 265 g/mol. The van der Waals surface area contributed by atoms with E-state index in [-0.39, 0.29) is 5.92 Å². The molecule has 0 saturated carbocycles. The average Bonchev–Trinajstić information content (AvgIpc) is 3.06. The second kappa shape index (κ2) is 7.21. The second-order valence-corrected chi connectivity index (χ2v) is 6.36. The number of pyridine rings is 1. The van der Waals surface area contributed by atoms with E-state index in [1.54, 1.807) is 0 Å². The molecule has 1 fully saturated rings. The Labute approximate surface area is 126 Å². The minimum Gasteiger partial charge on any atom is -0.370 e. The van der Waals surface area contributed by atoms with Crippen LogP contribution in [0.25, 0.3) is 0 Å². The minimum absolute atomic E-state index is 0.246. The van der Waals surface area contributed by atoms with Crippen molar-refractivity contribution >= 4 is 5.82 Å². The summed E-state index contributed by atoms with van der Waals surface area (Å²) >= 11 is 0. The molecule has 2 atom stereocenters. The van der Waals surface area contributed by atoms with Gasteiger partial charge in [-0.15, -0.1) is 0 Å². The van der Waals surface area contributed by atoms with Crippen molar-refractivity contribution in [3.05, 3.63) is 23.4 Å². The Hall–Kier alpha value is -1.16. The molecule has 1 aromatic rings. The monoisotopic (exact) mass is 291 g/mol. The summed E-state index contributed by atoms with van der Waals surface area (Å²) in [4.78, 5) is 4.69. The van der Waals surface area contributed by atoms with E-state index in [1.807, 2.05) is 0 Å². The van der Waals surface area contributed by atoms with Crippen LogP contribution in [0.4, 0.5) is 10.2 Å². The number of hydrogen-bond donors (Lipinski definition) is 2. The lowest BCUT2D eigenvalue weighted by molar-refractivity contribution is 0.221. The van der Waals surface area contributed by atoms with Crippen molar-refractivity contribution in [3.8, 4) is 0 Å². The zero-order valence-electron chi connectivity index (χ0n) is 12.7. The van der Waals surface area contributed by atoms with Crippen molar-refractivity contribution in [1.29, 1.82) is 0 Å². The third-order valence-corrected chi connectivity index (χ3v) is 4.72. The first-order chi connectivity index (χ1) is 10.3. The number of nitrogens with zero attached hydrogens (tertiary/aromatic N) is 1. The standard InChI is InChI=1S/C17H26FN3/c18-16(14-9-11-19-12-14)6-2-1-5-15-8-7-13-4-3-10-20-17(13)21-15/h7-8,14,16,19H,1-6,9-12H2,(H,20,21). The lowest BCUT2D eigenvalue weighted by atomic mass is 9.97. The van der Waals surface area contributed by atoms with Gasteiger partial charge in [0.25, 0.3) is 0 Å². The number of halogens is 1. The number of rotatable bonds is 6. The molecule has 0 aliphatic carbocycles. The predicted molar refractivity (Wildman–Crippen MR) is 84.5 cm³/mol. The Morgan fingerprint density at radius 3 is 3.10 bits per heavy atom. The van der Waals surface area contributed by atoms with Crippen LogP contribution in [0.5, 0.6) is 0 Å². The summed E-state index contributed by atoms with van der Waals surface area (Å²) in [5.74, 6) is 1.32. The first kappa shape index (κ1) is 14.8. The molecule has 3 rings (SSSR count). The topological polar surface area (TPSA) is 37.0 Å². The molecular formula is C17H26FN3. The van der Waals surface area contributed by atoms with Crippen LogP contribution < -0.4 is 10.6 Å². The maximum Gasteiger partial charge on any atom is 0.129 e. The zero-order valence-corrected chi connectivity index (χ0v) is 12.7. The molecule has 116 valence electrons. The summed E-state index contributed by atoms with van der Waals surface area (Å²) in [5, 5.41) is 6.61. The molecule has 2 N–H and O–H groups in total. The van der Waals surface area contributed by atoms with E-state index in [4.69, 9.17) is 4.98 Å². The Morgan fingerprint density at radius 1 is 1.29 bits per heavy atom. The Kier molecular flexibility index (Phi) is 5.07. The second-order valence-electron chi connectivity index (χ2n) is 6.36. The fourth-order valence-corrected chi connectivity index (χ4v) is 3.37. The van der Waals surface area contributed by atoms with Crippen LogP contribution >= 0.6 is 0 Å². The van der Waals surface area contributed by atoms with Crippen LogP contribution in [0.15, 0.2) is 12.1 Å². The summed E-state index contributed by atoms with van der Waals surface area (Å²) in [7, 11) is 0. The average molecular weight is 291 g/mol. The molecule has 4 heteroatoms. The number of unbranched alkanes of at least 4 members (excludes halogenated alkanes) is 1. The van der Waals surface area contributed by atoms with Crippen molar-refractivity contribution in [2.75, 3.05) is 25.0 Å². The molecule has 3 heterocycles. The smallest absolute Gasteiger partial charge is 0.129 e. The Bertz CT molecular complexity index is 457. The van der Waals surface area contributed by atoms with Crippen molar-refractivity contribution in [1.82, 2.24) is 10.3 Å². The van der Waals surface area contributed by atoms with Crippen molar-refractivity contribution in [3.63, 3.8) is 0 Å². The van der Waals surface area contributed by atoms with Gasteiger partial charge in [0, 0.05) is 24.7 Å². The maximum absolute atomic E-state index is 14.0. The summed E-state index contributed by atoms with van der Waals surface area (Å²) in [6.07, 6.45) is 6.37. The van der Waals surface area contributed by atoms with E-state index in [1.165, 1.54) is 12.0 Å². The zero-order chi connectivity index (χ0) is 14.5. The van der Waals surface area contributed by atoms with Crippen molar-refractivity contribution in [2.45, 2.75) is 51.1 Å². The third-order valence-electron chi connectivity index (χ3n) is 4.72. The van der Waals surface area contributed by atoms with Crippen molar-refractivity contribution in [2.24, 2.45) is 5.92 Å². The number of alkyl halides is 1. The van der Waals surface area contributed by atoms with E-state index >= 15 is 0 Å². The summed E-state index contributed by atoms with van der Waals surface area (Å²) in [6.45, 7) is 2.87. The highest BCUT2D eigenvalue weighted by molar-refractivity contribution is 5.46. The molecule has 1 saturated heterocycles. The van der Waals surface area contributed by atoms with Gasteiger partial charge in [0.2, 0.25) is 0 Å². The van der Waals surface area contributed by atoms with E-state index in [0.717, 1.165) is 63.3 Å². The van der Waals surface area contributed by atoms with Gasteiger partial charge in [-0.1, -0.05) is 12.5 Å². The summed E-state index contributed by atoms with van der Waals surface area (Å²) in [6, 6.07) is 4.34. The molecule has 2 aliphatic rings. The molecule has 2 unspecified atom stereocenters. The van der Waals surface area contributed by atoms with Crippen LogP contribution in [-0.4, -0.2) is 30.8 Å². The molecule has 0 aromatic carbocycles. The highest BCUT2D eigenvalue weighted by Gasteiger charge is 2.23. The number of nitrogens with one attached hydrogen (secondary N) is 2. The van der Waals surface area contributed by atoms with E-state index in [9.17, 15) is 4.39 Å². The molecule has 3 nitrogen and oxygen atoms in total. The van der Waals surface area contributed by atoms with E-state index in [0.29, 0.717) is 6.42 Å². The summed E-state index contributed by atoms with van der Waals surface area (Å²) < 4.78 is 14.0. The number of anilines is 1. The van der Waals surface area contributed by atoms with Crippen LogP contribution in [0.1, 0.15) is 43.4 Å². The van der Waals surface area contributed by atoms with Crippen LogP contribution in [0.2, 0.25) is 0 Å². The van der Waals surface area contributed by atoms with Crippen LogP contribution in [0, 0.1) is 5.92 Å². The molecule has 0 bridgehead atoms. The third kappa shape index (κ3) is 3.94. The molecule has 21 heavy (non-hydrogen) atoms. The number of hydrogen-bond acceptors (Lipinski definition) is 3. The highest BCUT2D eigenvalue weighted by Crippen LogP contribution is 2.22. The largest absolute Gasteiger partial charge is 0.370 e. The number of fused-ring (bicyclic) bond motifs is 1. The molecule has 2 aliphatic heterocycles. The number of aryl methyl sites for hydroxylation is 2. The molecule has 0 amide bonds. The normalized spacial score (nSPS) is 22.6. The minimum atomic E-state index is -0.627. The SMILES string of the molecule is FC(CCCCc1ccc2c(n1)NCCC2)C1CCNC1. The van der Waals surface area contributed by atoms with Crippen LogP contribution in [-0.2, 0) is 12.8 Å². The van der Waals surface area contributed by atoms with E-state index in [2.05, 4.69) is 22.8 Å². The fourth-order valence-electron chi connectivity index (χ4n) is 3.37. The first-order valence-corrected chi connectivity index (χ1v) is 8.40. The molecule has 0 radical (unpaired) electrons. The van der Waals surface area contributed by atoms with Gasteiger partial charge in [-0.2, -0.15) is 0 Å². The van der Waals surface area contributed by atoms with Gasteiger partial charge in [-0.25, -0.2) is 9.37 Å². The Morgan fingerprint density at radius 2 is 2.24 bits per heavy atom. The number of aromatic nitrogens is 1.